The highest BCUT2D eigenvalue weighted by Gasteiger charge is 2.22. The molecule has 1 fully saturated rings. The molecule has 120 valence electrons. The molecule has 0 radical (unpaired) electrons. The number of nitrogens with one attached hydrogen (secondary N) is 1. The zero-order valence-electron chi connectivity index (χ0n) is 13.2. The van der Waals surface area contributed by atoms with Crippen molar-refractivity contribution in [2.75, 3.05) is 13.1 Å². The van der Waals surface area contributed by atoms with E-state index in [2.05, 4.69) is 52.3 Å². The molecule has 1 N–H and O–H groups in total. The third kappa shape index (κ3) is 2.88. The lowest BCUT2D eigenvalue weighted by Crippen LogP contribution is -2.29. The van der Waals surface area contributed by atoms with Crippen molar-refractivity contribution in [3.63, 3.8) is 0 Å². The zero-order valence-corrected chi connectivity index (χ0v) is 14.9. The molecule has 0 amide bonds. The summed E-state index contributed by atoms with van der Waals surface area (Å²) in [4.78, 5) is 4.72. The number of fused-ring (bicyclic) bond motifs is 1. The second kappa shape index (κ2) is 6.22. The predicted octanol–water partition coefficient (Wildman–Crippen LogP) is 3.35. The molecule has 0 spiro atoms. The summed E-state index contributed by atoms with van der Waals surface area (Å²) >= 11 is 3.34. The van der Waals surface area contributed by atoms with Gasteiger partial charge in [-0.05, 0) is 49.7 Å². The van der Waals surface area contributed by atoms with Gasteiger partial charge in [0.15, 0.2) is 9.50 Å². The lowest BCUT2D eigenvalue weighted by Gasteiger charge is -2.21. The summed E-state index contributed by atoms with van der Waals surface area (Å²) in [6, 6.07) is 6.26. The quantitative estimate of drug-likeness (QED) is 0.789. The SMILES string of the molecule is Cc1cccc2nc(Sc3nnc([C@@H]4CCCNC4)n3C)sc12. The van der Waals surface area contributed by atoms with E-state index in [0.717, 1.165) is 33.9 Å². The lowest BCUT2D eigenvalue weighted by atomic mass is 9.99. The van der Waals surface area contributed by atoms with Gasteiger partial charge in [-0.15, -0.1) is 21.5 Å². The zero-order chi connectivity index (χ0) is 15.8. The van der Waals surface area contributed by atoms with Crippen molar-refractivity contribution in [1.29, 1.82) is 0 Å². The maximum atomic E-state index is 4.72. The molecule has 1 atom stereocenters. The summed E-state index contributed by atoms with van der Waals surface area (Å²) in [6.45, 7) is 4.24. The number of piperidine rings is 1. The molecular formula is C16H19N5S2. The van der Waals surface area contributed by atoms with E-state index in [1.807, 2.05) is 0 Å². The minimum Gasteiger partial charge on any atom is -0.316 e. The first-order valence-corrected chi connectivity index (χ1v) is 9.49. The summed E-state index contributed by atoms with van der Waals surface area (Å²) in [5.41, 5.74) is 2.34. The van der Waals surface area contributed by atoms with Crippen LogP contribution in [0.1, 0.15) is 30.1 Å². The number of nitrogens with zero attached hydrogens (tertiary/aromatic N) is 4. The number of thiazole rings is 1. The van der Waals surface area contributed by atoms with Crippen molar-refractivity contribution in [2.24, 2.45) is 7.05 Å². The van der Waals surface area contributed by atoms with Crippen LogP contribution in [0.15, 0.2) is 27.7 Å². The summed E-state index contributed by atoms with van der Waals surface area (Å²) < 4.78 is 4.41. The van der Waals surface area contributed by atoms with Crippen LogP contribution in [0.2, 0.25) is 0 Å². The summed E-state index contributed by atoms with van der Waals surface area (Å²) in [5.74, 6) is 1.55. The normalized spacial score (nSPS) is 18.6. The molecular weight excluding hydrogens is 326 g/mol. The Morgan fingerprint density at radius 2 is 2.26 bits per heavy atom. The Labute approximate surface area is 143 Å². The second-order valence-corrected chi connectivity index (χ2v) is 8.16. The number of aryl methyl sites for hydroxylation is 1. The maximum Gasteiger partial charge on any atom is 0.198 e. The highest BCUT2D eigenvalue weighted by atomic mass is 32.2. The molecule has 1 aliphatic heterocycles. The fraction of sp³-hybridized carbons (Fsp3) is 0.438. The van der Waals surface area contributed by atoms with Crippen molar-refractivity contribution >= 4 is 33.3 Å². The smallest absolute Gasteiger partial charge is 0.198 e. The molecule has 2 aromatic heterocycles. The Bertz CT molecular complexity index is 832. The minimum atomic E-state index is 0.466. The highest BCUT2D eigenvalue weighted by molar-refractivity contribution is 8.01. The van der Waals surface area contributed by atoms with Gasteiger partial charge in [-0.3, -0.25) is 0 Å². The van der Waals surface area contributed by atoms with E-state index in [4.69, 9.17) is 4.98 Å². The topological polar surface area (TPSA) is 55.6 Å². The van der Waals surface area contributed by atoms with Crippen molar-refractivity contribution in [3.05, 3.63) is 29.6 Å². The molecule has 0 aliphatic carbocycles. The van der Waals surface area contributed by atoms with E-state index in [0.29, 0.717) is 5.92 Å². The third-order valence-electron chi connectivity index (χ3n) is 4.30. The second-order valence-electron chi connectivity index (χ2n) is 5.95. The Hall–Kier alpha value is -1.44. The molecule has 3 heterocycles. The molecule has 1 saturated heterocycles. The Morgan fingerprint density at radius 1 is 1.35 bits per heavy atom. The Balaban J connectivity index is 1.60. The Morgan fingerprint density at radius 3 is 3.04 bits per heavy atom. The molecule has 0 saturated carbocycles. The first-order valence-electron chi connectivity index (χ1n) is 7.86. The van der Waals surface area contributed by atoms with Gasteiger partial charge in [-0.2, -0.15) is 0 Å². The first-order chi connectivity index (χ1) is 11.2. The van der Waals surface area contributed by atoms with E-state index < -0.39 is 0 Å². The third-order valence-corrected chi connectivity index (χ3v) is 6.61. The van der Waals surface area contributed by atoms with Gasteiger partial charge in [0.1, 0.15) is 5.82 Å². The number of hydrogen-bond acceptors (Lipinski definition) is 6. The summed E-state index contributed by atoms with van der Waals surface area (Å²) in [6.07, 6.45) is 2.39. The molecule has 1 aromatic carbocycles. The molecule has 23 heavy (non-hydrogen) atoms. The Kier molecular flexibility index (Phi) is 4.09. The predicted molar refractivity (Wildman–Crippen MR) is 94.3 cm³/mol. The van der Waals surface area contributed by atoms with E-state index in [1.54, 1.807) is 23.1 Å². The fourth-order valence-electron chi connectivity index (χ4n) is 3.03. The number of rotatable bonds is 3. The average molecular weight is 345 g/mol. The van der Waals surface area contributed by atoms with Gasteiger partial charge in [0.25, 0.3) is 0 Å². The largest absolute Gasteiger partial charge is 0.316 e. The summed E-state index contributed by atoms with van der Waals surface area (Å²) in [7, 11) is 2.06. The maximum absolute atomic E-state index is 4.72. The minimum absolute atomic E-state index is 0.466. The van der Waals surface area contributed by atoms with Crippen molar-refractivity contribution in [1.82, 2.24) is 25.1 Å². The van der Waals surface area contributed by atoms with Crippen molar-refractivity contribution in [2.45, 2.75) is 35.2 Å². The molecule has 4 rings (SSSR count). The van der Waals surface area contributed by atoms with Crippen LogP contribution in [0.4, 0.5) is 0 Å². The van der Waals surface area contributed by atoms with Gasteiger partial charge in [-0.1, -0.05) is 12.1 Å². The van der Waals surface area contributed by atoms with Gasteiger partial charge in [0.05, 0.1) is 10.2 Å². The van der Waals surface area contributed by atoms with Gasteiger partial charge in [0.2, 0.25) is 0 Å². The highest BCUT2D eigenvalue weighted by Crippen LogP contribution is 2.35. The number of hydrogen-bond donors (Lipinski definition) is 1. The fourth-order valence-corrected chi connectivity index (χ4v) is 5.05. The average Bonchev–Trinajstić information content (AvgIpc) is 3.14. The van der Waals surface area contributed by atoms with E-state index >= 15 is 0 Å². The van der Waals surface area contributed by atoms with Crippen LogP contribution in [0.25, 0.3) is 10.2 Å². The van der Waals surface area contributed by atoms with Crippen molar-refractivity contribution < 1.29 is 0 Å². The standard InChI is InChI=1S/C16H19N5S2/c1-10-5-3-7-12-13(10)22-16(18-12)23-15-20-19-14(21(15)2)11-6-4-8-17-9-11/h3,5,7,11,17H,4,6,8-9H2,1-2H3/t11-/m1/s1. The van der Waals surface area contributed by atoms with Crippen molar-refractivity contribution in [3.8, 4) is 0 Å². The van der Waals surface area contributed by atoms with E-state index in [-0.39, 0.29) is 0 Å². The van der Waals surface area contributed by atoms with Crippen LogP contribution in [-0.2, 0) is 7.05 Å². The molecule has 0 bridgehead atoms. The van der Waals surface area contributed by atoms with Crippen LogP contribution in [0.5, 0.6) is 0 Å². The van der Waals surface area contributed by atoms with Gasteiger partial charge >= 0.3 is 0 Å². The van der Waals surface area contributed by atoms with Crippen LogP contribution < -0.4 is 5.32 Å². The van der Waals surface area contributed by atoms with E-state index in [1.165, 1.54) is 23.1 Å². The number of benzene rings is 1. The number of aromatic nitrogens is 4. The van der Waals surface area contributed by atoms with Crippen LogP contribution in [0, 0.1) is 6.92 Å². The molecule has 5 nitrogen and oxygen atoms in total. The van der Waals surface area contributed by atoms with Gasteiger partial charge < -0.3 is 9.88 Å². The van der Waals surface area contributed by atoms with Crippen LogP contribution >= 0.6 is 23.1 Å². The molecule has 1 aliphatic rings. The van der Waals surface area contributed by atoms with E-state index in [9.17, 15) is 0 Å². The van der Waals surface area contributed by atoms with Gasteiger partial charge in [-0.25, -0.2) is 4.98 Å². The molecule has 0 unspecified atom stereocenters. The molecule has 3 aromatic rings. The first kappa shape index (κ1) is 15.1. The molecule has 7 heteroatoms. The van der Waals surface area contributed by atoms with Crippen LogP contribution in [0.3, 0.4) is 0 Å². The summed E-state index contributed by atoms with van der Waals surface area (Å²) in [5, 5.41) is 13.2. The van der Waals surface area contributed by atoms with Crippen LogP contribution in [-0.4, -0.2) is 32.8 Å². The lowest BCUT2D eigenvalue weighted by molar-refractivity contribution is 0.436. The van der Waals surface area contributed by atoms with Gasteiger partial charge in [0, 0.05) is 19.5 Å². The monoisotopic (exact) mass is 345 g/mol.